The zero-order chi connectivity index (χ0) is 15.5. The van der Waals surface area contributed by atoms with E-state index >= 15 is 0 Å². The Morgan fingerprint density at radius 3 is 1.95 bits per heavy atom. The third-order valence-electron chi connectivity index (χ3n) is 4.30. The molecule has 5 heteroatoms. The molecule has 2 unspecified atom stereocenters. The first kappa shape index (κ1) is 15.0. The summed E-state index contributed by atoms with van der Waals surface area (Å²) in [7, 11) is 0. The van der Waals surface area contributed by atoms with Crippen LogP contribution in [0.3, 0.4) is 0 Å². The Labute approximate surface area is 122 Å². The van der Waals surface area contributed by atoms with E-state index in [2.05, 4.69) is 6.07 Å². The summed E-state index contributed by atoms with van der Waals surface area (Å²) in [5.74, 6) is -2.45. The zero-order valence-electron chi connectivity index (χ0n) is 11.5. The molecule has 0 spiro atoms. The normalized spacial score (nSPS) is 28.0. The zero-order valence-corrected chi connectivity index (χ0v) is 11.5. The van der Waals surface area contributed by atoms with Gasteiger partial charge >= 0.3 is 11.9 Å². The monoisotopic (exact) mass is 287 g/mol. The van der Waals surface area contributed by atoms with Crippen LogP contribution in [-0.2, 0) is 15.0 Å². The van der Waals surface area contributed by atoms with Crippen LogP contribution >= 0.6 is 0 Å². The topological polar surface area (TPSA) is 98.4 Å². The molecule has 0 aromatic heterocycles. The predicted octanol–water partition coefficient (Wildman–Crippen LogP) is 2.42. The highest BCUT2D eigenvalue weighted by Gasteiger charge is 2.47. The number of hydrogen-bond acceptors (Lipinski definition) is 3. The molecular formula is C16H17NO4. The lowest BCUT2D eigenvalue weighted by Crippen LogP contribution is -2.20. The van der Waals surface area contributed by atoms with Gasteiger partial charge < -0.3 is 10.2 Å². The summed E-state index contributed by atoms with van der Waals surface area (Å²) in [4.78, 5) is 22.0. The van der Waals surface area contributed by atoms with Gasteiger partial charge in [-0.25, -0.2) is 0 Å². The summed E-state index contributed by atoms with van der Waals surface area (Å²) in [6, 6.07) is 11.5. The number of carboxylic acid groups (broad SMARTS) is 2. The summed E-state index contributed by atoms with van der Waals surface area (Å²) >= 11 is 0. The quantitative estimate of drug-likeness (QED) is 0.866. The van der Waals surface area contributed by atoms with Crippen molar-refractivity contribution in [2.75, 3.05) is 0 Å². The van der Waals surface area contributed by atoms with Gasteiger partial charge in [0.25, 0.3) is 0 Å². The molecule has 0 aliphatic heterocycles. The molecule has 0 amide bonds. The van der Waals surface area contributed by atoms with Crippen molar-refractivity contribution < 1.29 is 19.8 Å². The van der Waals surface area contributed by atoms with Crippen LogP contribution in [-0.4, -0.2) is 22.2 Å². The van der Waals surface area contributed by atoms with E-state index in [1.54, 1.807) is 0 Å². The molecule has 1 saturated carbocycles. The lowest BCUT2D eigenvalue weighted by atomic mass is 9.79. The minimum Gasteiger partial charge on any atom is -0.481 e. The minimum absolute atomic E-state index is 0.0891. The number of aliphatic carboxylic acids is 2. The molecule has 1 aromatic carbocycles. The lowest BCUT2D eigenvalue weighted by Gasteiger charge is -2.21. The number of hydrogen-bond donors (Lipinski definition) is 2. The molecule has 2 rings (SSSR count). The average molecular weight is 287 g/mol. The van der Waals surface area contributed by atoms with E-state index in [-0.39, 0.29) is 24.7 Å². The first-order valence-electron chi connectivity index (χ1n) is 6.87. The van der Waals surface area contributed by atoms with Crippen LogP contribution in [0.1, 0.15) is 31.2 Å². The van der Waals surface area contributed by atoms with Gasteiger partial charge in [0.15, 0.2) is 0 Å². The first-order valence-corrected chi connectivity index (χ1v) is 6.87. The standard InChI is InChI=1S/C16H17NO4/c17-10-16(13-4-2-1-3-5-13)8-11(6-14(18)19)12(9-16)7-15(20)21/h1-5,11-12H,6-9H2,(H,18,19)(H,20,21). The average Bonchev–Trinajstić information content (AvgIpc) is 2.78. The number of carboxylic acids is 2. The molecular weight excluding hydrogens is 270 g/mol. The molecule has 0 bridgehead atoms. The Morgan fingerprint density at radius 2 is 1.57 bits per heavy atom. The minimum atomic E-state index is -0.947. The molecule has 2 atom stereocenters. The van der Waals surface area contributed by atoms with Crippen LogP contribution in [0, 0.1) is 23.2 Å². The molecule has 0 heterocycles. The van der Waals surface area contributed by atoms with Gasteiger partial charge in [0.2, 0.25) is 0 Å². The van der Waals surface area contributed by atoms with E-state index in [0.29, 0.717) is 12.8 Å². The van der Waals surface area contributed by atoms with E-state index in [9.17, 15) is 14.9 Å². The fourth-order valence-corrected chi connectivity index (χ4v) is 3.39. The Balaban J connectivity index is 2.31. The molecule has 110 valence electrons. The second kappa shape index (κ2) is 5.96. The number of carbonyl (C=O) groups is 2. The smallest absolute Gasteiger partial charge is 0.303 e. The van der Waals surface area contributed by atoms with Crippen LogP contribution < -0.4 is 0 Å². The molecule has 1 aliphatic carbocycles. The number of nitriles is 1. The second-order valence-electron chi connectivity index (χ2n) is 5.68. The summed E-state index contributed by atoms with van der Waals surface area (Å²) in [6.07, 6.45) is 0.623. The summed E-state index contributed by atoms with van der Waals surface area (Å²) in [5.41, 5.74) is 0.0670. The Hall–Kier alpha value is -2.35. The van der Waals surface area contributed by atoms with Crippen molar-refractivity contribution in [2.24, 2.45) is 11.8 Å². The molecule has 0 radical (unpaired) electrons. The van der Waals surface area contributed by atoms with Crippen LogP contribution in [0.2, 0.25) is 0 Å². The van der Waals surface area contributed by atoms with E-state index in [4.69, 9.17) is 10.2 Å². The molecule has 1 aromatic rings. The summed E-state index contributed by atoms with van der Waals surface area (Å²) in [6.45, 7) is 0. The van der Waals surface area contributed by atoms with Gasteiger partial charge in [-0.05, 0) is 30.2 Å². The van der Waals surface area contributed by atoms with Gasteiger partial charge in [-0.2, -0.15) is 5.26 Å². The lowest BCUT2D eigenvalue weighted by molar-refractivity contribution is -0.141. The second-order valence-corrected chi connectivity index (χ2v) is 5.68. The van der Waals surface area contributed by atoms with Gasteiger partial charge in [-0.3, -0.25) is 9.59 Å². The van der Waals surface area contributed by atoms with Crippen LogP contribution in [0.5, 0.6) is 0 Å². The summed E-state index contributed by atoms with van der Waals surface area (Å²) in [5, 5.41) is 27.6. The Morgan fingerprint density at radius 1 is 1.10 bits per heavy atom. The fraction of sp³-hybridized carbons (Fsp3) is 0.438. The molecule has 1 fully saturated rings. The largest absolute Gasteiger partial charge is 0.481 e. The maximum Gasteiger partial charge on any atom is 0.303 e. The van der Waals surface area contributed by atoms with E-state index < -0.39 is 17.4 Å². The van der Waals surface area contributed by atoms with Crippen molar-refractivity contribution in [3.8, 4) is 6.07 Å². The van der Waals surface area contributed by atoms with Gasteiger partial charge in [0.1, 0.15) is 0 Å². The number of rotatable bonds is 5. The van der Waals surface area contributed by atoms with E-state index in [0.717, 1.165) is 5.56 Å². The Bertz CT molecular complexity index is 552. The van der Waals surface area contributed by atoms with Gasteiger partial charge in [0.05, 0.1) is 11.5 Å². The third-order valence-corrected chi connectivity index (χ3v) is 4.30. The highest BCUT2D eigenvalue weighted by Crippen LogP contribution is 2.49. The SMILES string of the molecule is N#CC1(c2ccccc2)CC(CC(=O)O)C(CC(=O)O)C1. The molecule has 1 aliphatic rings. The van der Waals surface area contributed by atoms with Crippen molar-refractivity contribution in [1.82, 2.24) is 0 Å². The van der Waals surface area contributed by atoms with Crippen LogP contribution in [0.4, 0.5) is 0 Å². The molecule has 21 heavy (non-hydrogen) atoms. The molecule has 2 N–H and O–H groups in total. The fourth-order valence-electron chi connectivity index (χ4n) is 3.39. The van der Waals surface area contributed by atoms with Gasteiger partial charge in [-0.1, -0.05) is 30.3 Å². The highest BCUT2D eigenvalue weighted by molar-refractivity contribution is 5.69. The summed E-state index contributed by atoms with van der Waals surface area (Å²) < 4.78 is 0. The number of nitrogens with zero attached hydrogens (tertiary/aromatic N) is 1. The van der Waals surface area contributed by atoms with Gasteiger partial charge in [-0.15, -0.1) is 0 Å². The third kappa shape index (κ3) is 3.22. The van der Waals surface area contributed by atoms with Crippen LogP contribution in [0.25, 0.3) is 0 Å². The maximum absolute atomic E-state index is 11.0. The first-order chi connectivity index (χ1) is 9.97. The molecule has 0 saturated heterocycles. The highest BCUT2D eigenvalue weighted by atomic mass is 16.4. The van der Waals surface area contributed by atoms with Crippen molar-refractivity contribution in [2.45, 2.75) is 31.1 Å². The Kier molecular flexibility index (Phi) is 4.27. The number of benzene rings is 1. The van der Waals surface area contributed by atoms with Crippen molar-refractivity contribution >= 4 is 11.9 Å². The van der Waals surface area contributed by atoms with Crippen molar-refractivity contribution in [3.05, 3.63) is 35.9 Å². The van der Waals surface area contributed by atoms with E-state index in [1.165, 1.54) is 0 Å². The van der Waals surface area contributed by atoms with Crippen LogP contribution in [0.15, 0.2) is 30.3 Å². The van der Waals surface area contributed by atoms with Crippen molar-refractivity contribution in [1.29, 1.82) is 5.26 Å². The predicted molar refractivity (Wildman–Crippen MR) is 74.5 cm³/mol. The van der Waals surface area contributed by atoms with Gasteiger partial charge in [0, 0.05) is 12.8 Å². The molecule has 5 nitrogen and oxygen atoms in total. The maximum atomic E-state index is 11.0. The van der Waals surface area contributed by atoms with E-state index in [1.807, 2.05) is 30.3 Å². The van der Waals surface area contributed by atoms with Crippen molar-refractivity contribution in [3.63, 3.8) is 0 Å².